The van der Waals surface area contributed by atoms with Gasteiger partial charge in [0.2, 0.25) is 0 Å². The number of carbonyl (C=O) groups is 2. The van der Waals surface area contributed by atoms with Crippen LogP contribution in [0.4, 0.5) is 0 Å². The Morgan fingerprint density at radius 1 is 1.35 bits per heavy atom. The van der Waals surface area contributed by atoms with Crippen LogP contribution in [0.5, 0.6) is 0 Å². The van der Waals surface area contributed by atoms with Crippen LogP contribution >= 0.6 is 0 Å². The summed E-state index contributed by atoms with van der Waals surface area (Å²) in [6.07, 6.45) is 4.92. The Morgan fingerprint density at radius 2 is 1.88 bits per heavy atom. The summed E-state index contributed by atoms with van der Waals surface area (Å²) >= 11 is 0. The largest absolute Gasteiger partial charge is 0.478 e. The van der Waals surface area contributed by atoms with E-state index in [4.69, 9.17) is 5.11 Å². The van der Waals surface area contributed by atoms with Crippen molar-refractivity contribution in [2.24, 2.45) is 17.3 Å². The lowest BCUT2D eigenvalue weighted by Crippen LogP contribution is -2.30. The summed E-state index contributed by atoms with van der Waals surface area (Å²) in [7, 11) is 0. The van der Waals surface area contributed by atoms with Gasteiger partial charge in [0.1, 0.15) is 5.78 Å². The first kappa shape index (κ1) is 15.6. The van der Waals surface area contributed by atoms with Crippen molar-refractivity contribution >= 4 is 11.8 Å². The molecule has 96 valence electrons. The number of rotatable bonds is 6. The maximum atomic E-state index is 12.1. The maximum absolute atomic E-state index is 12.1. The van der Waals surface area contributed by atoms with Gasteiger partial charge in [0.25, 0.3) is 0 Å². The van der Waals surface area contributed by atoms with Crippen LogP contribution in [0.1, 0.15) is 34.1 Å². The van der Waals surface area contributed by atoms with Crippen LogP contribution < -0.4 is 0 Å². The Morgan fingerprint density at radius 3 is 2.24 bits per heavy atom. The molecule has 2 atom stereocenters. The highest BCUT2D eigenvalue weighted by Crippen LogP contribution is 2.27. The minimum absolute atomic E-state index is 0.0164. The molecule has 0 aliphatic rings. The molecule has 0 spiro atoms. The maximum Gasteiger partial charge on any atom is 0.327 e. The molecule has 1 N–H and O–H groups in total. The van der Waals surface area contributed by atoms with Gasteiger partial charge in [-0.3, -0.25) is 4.79 Å². The van der Waals surface area contributed by atoms with Crippen molar-refractivity contribution in [2.75, 3.05) is 0 Å². The third-order valence-corrected chi connectivity index (χ3v) is 2.77. The molecule has 0 amide bonds. The Kier molecular flexibility index (Phi) is 5.86. The van der Waals surface area contributed by atoms with Crippen LogP contribution in [0.2, 0.25) is 0 Å². The number of allylic oxidation sites excluding steroid dienone is 2. The van der Waals surface area contributed by atoms with Crippen molar-refractivity contribution in [2.45, 2.75) is 34.1 Å². The molecule has 0 aromatic carbocycles. The second-order valence-corrected chi connectivity index (χ2v) is 5.28. The lowest BCUT2D eigenvalue weighted by molar-refractivity contribution is -0.131. The van der Waals surface area contributed by atoms with Crippen LogP contribution in [-0.4, -0.2) is 16.9 Å². The van der Waals surface area contributed by atoms with Crippen LogP contribution in [-0.2, 0) is 9.59 Å². The van der Waals surface area contributed by atoms with Gasteiger partial charge in [-0.1, -0.05) is 39.8 Å². The van der Waals surface area contributed by atoms with E-state index in [1.54, 1.807) is 12.2 Å². The van der Waals surface area contributed by atoms with Gasteiger partial charge in [-0.05, 0) is 12.3 Å². The summed E-state index contributed by atoms with van der Waals surface area (Å²) in [6.45, 7) is 11.2. The molecule has 0 fully saturated rings. The average molecular weight is 238 g/mol. The Labute approximate surface area is 103 Å². The highest BCUT2D eigenvalue weighted by Gasteiger charge is 2.30. The standard InChI is InChI=1S/C14H22O3/c1-6-11(8-7-9-12(15)16)10(2)13(17)14(3,4)5/h6-7,9-11H,1,8H2,2-5H3,(H,15,16)/b9-7+. The molecule has 0 saturated heterocycles. The summed E-state index contributed by atoms with van der Waals surface area (Å²) in [6, 6.07) is 0. The quantitative estimate of drug-likeness (QED) is 0.571. The normalized spacial score (nSPS) is 15.5. The van der Waals surface area contributed by atoms with E-state index in [2.05, 4.69) is 6.58 Å². The van der Waals surface area contributed by atoms with Gasteiger partial charge in [0.05, 0.1) is 0 Å². The summed E-state index contributed by atoms with van der Waals surface area (Å²) < 4.78 is 0. The number of hydrogen-bond acceptors (Lipinski definition) is 2. The number of ketones is 1. The van der Waals surface area contributed by atoms with Crippen LogP contribution in [0.3, 0.4) is 0 Å². The molecule has 0 heterocycles. The van der Waals surface area contributed by atoms with Crippen LogP contribution in [0.15, 0.2) is 24.8 Å². The second kappa shape index (κ2) is 6.38. The minimum Gasteiger partial charge on any atom is -0.478 e. The molecular weight excluding hydrogens is 216 g/mol. The first-order valence-corrected chi connectivity index (χ1v) is 5.76. The molecule has 0 aliphatic carbocycles. The summed E-state index contributed by atoms with van der Waals surface area (Å²) in [5.41, 5.74) is -0.378. The molecular formula is C14H22O3. The van der Waals surface area contributed by atoms with E-state index in [1.165, 1.54) is 0 Å². The van der Waals surface area contributed by atoms with Gasteiger partial charge in [-0.25, -0.2) is 4.79 Å². The number of carboxylic acids is 1. The van der Waals surface area contributed by atoms with Gasteiger partial charge in [-0.2, -0.15) is 0 Å². The molecule has 0 radical (unpaired) electrons. The second-order valence-electron chi connectivity index (χ2n) is 5.28. The van der Waals surface area contributed by atoms with Crippen molar-refractivity contribution < 1.29 is 14.7 Å². The molecule has 0 aromatic rings. The molecule has 0 rings (SSSR count). The van der Waals surface area contributed by atoms with Crippen molar-refractivity contribution in [3.63, 3.8) is 0 Å². The number of carbonyl (C=O) groups excluding carboxylic acids is 1. The third-order valence-electron chi connectivity index (χ3n) is 2.77. The summed E-state index contributed by atoms with van der Waals surface area (Å²) in [4.78, 5) is 22.4. The van der Waals surface area contributed by atoms with Crippen molar-refractivity contribution in [3.05, 3.63) is 24.8 Å². The van der Waals surface area contributed by atoms with Gasteiger partial charge >= 0.3 is 5.97 Å². The predicted molar refractivity (Wildman–Crippen MR) is 68.7 cm³/mol. The molecule has 0 aliphatic heterocycles. The lowest BCUT2D eigenvalue weighted by Gasteiger charge is -2.26. The predicted octanol–water partition coefficient (Wildman–Crippen LogP) is 3.07. The highest BCUT2D eigenvalue weighted by atomic mass is 16.4. The van der Waals surface area contributed by atoms with Crippen molar-refractivity contribution in [3.8, 4) is 0 Å². The van der Waals surface area contributed by atoms with E-state index >= 15 is 0 Å². The fourth-order valence-corrected chi connectivity index (χ4v) is 1.71. The van der Waals surface area contributed by atoms with Gasteiger partial charge in [0, 0.05) is 17.4 Å². The summed E-state index contributed by atoms with van der Waals surface area (Å²) in [5, 5.41) is 8.50. The zero-order chi connectivity index (χ0) is 13.6. The highest BCUT2D eigenvalue weighted by molar-refractivity contribution is 5.86. The average Bonchev–Trinajstić information content (AvgIpc) is 2.20. The van der Waals surface area contributed by atoms with E-state index in [0.29, 0.717) is 6.42 Å². The van der Waals surface area contributed by atoms with E-state index in [0.717, 1.165) is 6.08 Å². The van der Waals surface area contributed by atoms with E-state index < -0.39 is 5.97 Å². The molecule has 2 unspecified atom stereocenters. The zero-order valence-electron chi connectivity index (χ0n) is 11.1. The zero-order valence-corrected chi connectivity index (χ0v) is 11.1. The first-order chi connectivity index (χ1) is 7.70. The third kappa shape index (κ3) is 5.48. The molecule has 0 bridgehead atoms. The van der Waals surface area contributed by atoms with Gasteiger partial charge < -0.3 is 5.11 Å². The Hall–Kier alpha value is -1.38. The van der Waals surface area contributed by atoms with E-state index in [9.17, 15) is 9.59 Å². The van der Waals surface area contributed by atoms with Crippen molar-refractivity contribution in [1.29, 1.82) is 0 Å². The Balaban J connectivity index is 4.62. The molecule has 17 heavy (non-hydrogen) atoms. The van der Waals surface area contributed by atoms with Gasteiger partial charge in [0.15, 0.2) is 0 Å². The molecule has 3 nitrogen and oxygen atoms in total. The van der Waals surface area contributed by atoms with Crippen LogP contribution in [0, 0.1) is 17.3 Å². The monoisotopic (exact) mass is 238 g/mol. The molecule has 0 aromatic heterocycles. The number of Topliss-reactive ketones (excluding diaryl/α,β-unsaturated/α-hetero) is 1. The topological polar surface area (TPSA) is 54.4 Å². The van der Waals surface area contributed by atoms with Crippen LogP contribution in [0.25, 0.3) is 0 Å². The Bertz CT molecular complexity index is 321. The fraction of sp³-hybridized carbons (Fsp3) is 0.571. The van der Waals surface area contributed by atoms with E-state index in [1.807, 2.05) is 27.7 Å². The minimum atomic E-state index is -0.970. The number of aliphatic carboxylic acids is 1. The first-order valence-electron chi connectivity index (χ1n) is 5.76. The lowest BCUT2D eigenvalue weighted by atomic mass is 9.77. The smallest absolute Gasteiger partial charge is 0.327 e. The SMILES string of the molecule is C=CC(C/C=C/C(=O)O)C(C)C(=O)C(C)(C)C. The summed E-state index contributed by atoms with van der Waals surface area (Å²) in [5.74, 6) is -0.961. The van der Waals surface area contributed by atoms with E-state index in [-0.39, 0.29) is 23.0 Å². The fourth-order valence-electron chi connectivity index (χ4n) is 1.71. The number of carboxylic acid groups (broad SMARTS) is 1. The number of hydrogen-bond donors (Lipinski definition) is 1. The van der Waals surface area contributed by atoms with Gasteiger partial charge in [-0.15, -0.1) is 6.58 Å². The van der Waals surface area contributed by atoms with Crippen molar-refractivity contribution in [1.82, 2.24) is 0 Å². The molecule has 0 saturated carbocycles. The molecule has 3 heteroatoms.